The van der Waals surface area contributed by atoms with Crippen LogP contribution in [0.25, 0.3) is 0 Å². The van der Waals surface area contributed by atoms with Crippen molar-refractivity contribution in [1.29, 1.82) is 0 Å². The fourth-order valence-electron chi connectivity index (χ4n) is 3.80. The monoisotopic (exact) mass is 340 g/mol. The predicted molar refractivity (Wildman–Crippen MR) is 106 cm³/mol. The van der Waals surface area contributed by atoms with E-state index in [1.54, 1.807) is 0 Å². The Morgan fingerprint density at radius 3 is 1.79 bits per heavy atom. The van der Waals surface area contributed by atoms with E-state index in [0.29, 0.717) is 6.10 Å². The molecule has 0 bridgehead atoms. The van der Waals surface area contributed by atoms with E-state index in [-0.39, 0.29) is 0 Å². The SMILES string of the molecule is CCCCCCCCCCCC[N+](C)(C)COC1CCC(C)CC1. The van der Waals surface area contributed by atoms with Gasteiger partial charge >= 0.3 is 0 Å². The molecule has 1 aliphatic carbocycles. The molecule has 0 aliphatic heterocycles. The summed E-state index contributed by atoms with van der Waals surface area (Å²) in [5, 5.41) is 0. The summed E-state index contributed by atoms with van der Waals surface area (Å²) in [6, 6.07) is 0. The zero-order valence-corrected chi connectivity index (χ0v) is 17.3. The Labute approximate surface area is 152 Å². The number of quaternary nitrogens is 1. The first-order valence-electron chi connectivity index (χ1n) is 11.0. The Balaban J connectivity index is 1.93. The van der Waals surface area contributed by atoms with Crippen LogP contribution >= 0.6 is 0 Å². The number of unbranched alkanes of at least 4 members (excludes halogenated alkanes) is 9. The van der Waals surface area contributed by atoms with Gasteiger partial charge in [0.25, 0.3) is 0 Å². The minimum atomic E-state index is 0.534. The summed E-state index contributed by atoms with van der Waals surface area (Å²) in [5.41, 5.74) is 0. The van der Waals surface area contributed by atoms with Gasteiger partial charge in [-0.3, -0.25) is 0 Å². The van der Waals surface area contributed by atoms with Crippen LogP contribution in [0, 0.1) is 5.92 Å². The molecule has 0 aromatic heterocycles. The minimum absolute atomic E-state index is 0.534. The zero-order chi connectivity index (χ0) is 17.7. The molecular weight excluding hydrogens is 294 g/mol. The average Bonchev–Trinajstić information content (AvgIpc) is 2.56. The zero-order valence-electron chi connectivity index (χ0n) is 17.3. The second-order valence-corrected chi connectivity index (χ2v) is 9.02. The van der Waals surface area contributed by atoms with Crippen LogP contribution < -0.4 is 0 Å². The lowest BCUT2D eigenvalue weighted by molar-refractivity contribution is -0.910. The van der Waals surface area contributed by atoms with Crippen molar-refractivity contribution in [3.05, 3.63) is 0 Å². The van der Waals surface area contributed by atoms with Gasteiger partial charge in [0.2, 0.25) is 0 Å². The summed E-state index contributed by atoms with van der Waals surface area (Å²) < 4.78 is 7.24. The molecule has 2 nitrogen and oxygen atoms in total. The molecule has 0 saturated heterocycles. The van der Waals surface area contributed by atoms with Gasteiger partial charge in [-0.1, -0.05) is 65.2 Å². The van der Waals surface area contributed by atoms with Crippen molar-refractivity contribution >= 4 is 0 Å². The van der Waals surface area contributed by atoms with E-state index in [9.17, 15) is 0 Å². The molecule has 0 radical (unpaired) electrons. The molecule has 0 aromatic carbocycles. The quantitative estimate of drug-likeness (QED) is 0.198. The van der Waals surface area contributed by atoms with E-state index in [4.69, 9.17) is 4.74 Å². The second kappa shape index (κ2) is 13.2. The molecule has 1 saturated carbocycles. The summed E-state index contributed by atoms with van der Waals surface area (Å²) in [7, 11) is 4.67. The van der Waals surface area contributed by atoms with Crippen LogP contribution in [0.5, 0.6) is 0 Å². The molecule has 0 heterocycles. The van der Waals surface area contributed by atoms with Crippen molar-refractivity contribution in [3.8, 4) is 0 Å². The smallest absolute Gasteiger partial charge is 0.183 e. The molecule has 24 heavy (non-hydrogen) atoms. The molecule has 2 heteroatoms. The van der Waals surface area contributed by atoms with Gasteiger partial charge in [0.1, 0.15) is 0 Å². The Hall–Kier alpha value is -0.0800. The van der Waals surface area contributed by atoms with Crippen molar-refractivity contribution in [2.24, 2.45) is 5.92 Å². The number of ether oxygens (including phenoxy) is 1. The van der Waals surface area contributed by atoms with E-state index >= 15 is 0 Å². The van der Waals surface area contributed by atoms with Crippen LogP contribution in [0.3, 0.4) is 0 Å². The maximum atomic E-state index is 6.21. The van der Waals surface area contributed by atoms with Gasteiger partial charge in [-0.15, -0.1) is 0 Å². The van der Waals surface area contributed by atoms with Crippen molar-refractivity contribution in [2.45, 2.75) is 110 Å². The fourth-order valence-corrected chi connectivity index (χ4v) is 3.80. The van der Waals surface area contributed by atoms with Gasteiger partial charge in [-0.25, -0.2) is 0 Å². The molecule has 0 aromatic rings. The first-order valence-corrected chi connectivity index (χ1v) is 11.0. The van der Waals surface area contributed by atoms with Gasteiger partial charge in [0.15, 0.2) is 6.73 Å². The first-order chi connectivity index (χ1) is 11.5. The van der Waals surface area contributed by atoms with Crippen LogP contribution in [0.1, 0.15) is 104 Å². The third-order valence-electron chi connectivity index (χ3n) is 5.74. The molecule has 0 spiro atoms. The topological polar surface area (TPSA) is 9.23 Å². The van der Waals surface area contributed by atoms with E-state index in [0.717, 1.165) is 17.1 Å². The van der Waals surface area contributed by atoms with Crippen molar-refractivity contribution in [2.75, 3.05) is 27.4 Å². The lowest BCUT2D eigenvalue weighted by Gasteiger charge is -2.33. The van der Waals surface area contributed by atoms with Crippen LogP contribution in [-0.4, -0.2) is 38.0 Å². The van der Waals surface area contributed by atoms with Crippen LogP contribution in [0.15, 0.2) is 0 Å². The molecule has 0 unspecified atom stereocenters. The minimum Gasteiger partial charge on any atom is -0.328 e. The Morgan fingerprint density at radius 1 is 0.750 bits per heavy atom. The standard InChI is InChI=1S/C22H46NO/c1-5-6-7-8-9-10-11-12-13-14-19-23(3,4)20-24-22-17-15-21(2)16-18-22/h21-22H,5-20H2,1-4H3/q+1. The highest BCUT2D eigenvalue weighted by Crippen LogP contribution is 2.25. The molecule has 0 N–H and O–H groups in total. The van der Waals surface area contributed by atoms with Crippen molar-refractivity contribution in [3.63, 3.8) is 0 Å². The number of hydrogen-bond acceptors (Lipinski definition) is 1. The van der Waals surface area contributed by atoms with E-state index in [1.807, 2.05) is 0 Å². The summed E-state index contributed by atoms with van der Waals surface area (Å²) in [4.78, 5) is 0. The Bertz CT molecular complexity index is 282. The largest absolute Gasteiger partial charge is 0.328 e. The van der Waals surface area contributed by atoms with Gasteiger partial charge in [0.05, 0.1) is 26.7 Å². The molecule has 0 atom stereocenters. The maximum Gasteiger partial charge on any atom is 0.183 e. The van der Waals surface area contributed by atoms with Gasteiger partial charge in [0, 0.05) is 0 Å². The third-order valence-corrected chi connectivity index (χ3v) is 5.74. The third kappa shape index (κ3) is 11.5. The Kier molecular flexibility index (Phi) is 12.0. The number of hydrogen-bond donors (Lipinski definition) is 0. The molecule has 144 valence electrons. The highest BCUT2D eigenvalue weighted by Gasteiger charge is 2.22. The number of nitrogens with zero attached hydrogens (tertiary/aromatic N) is 1. The fraction of sp³-hybridized carbons (Fsp3) is 1.00. The molecule has 1 aliphatic rings. The van der Waals surface area contributed by atoms with Gasteiger partial charge < -0.3 is 9.22 Å². The van der Waals surface area contributed by atoms with Gasteiger partial charge in [-0.05, 0) is 44.4 Å². The molecule has 0 amide bonds. The van der Waals surface area contributed by atoms with Crippen molar-refractivity contribution in [1.82, 2.24) is 0 Å². The highest BCUT2D eigenvalue weighted by atomic mass is 16.5. The summed E-state index contributed by atoms with van der Waals surface area (Å²) in [6.07, 6.45) is 20.0. The molecule has 1 fully saturated rings. The lowest BCUT2D eigenvalue weighted by atomic mass is 9.89. The average molecular weight is 341 g/mol. The molecule has 1 rings (SSSR count). The van der Waals surface area contributed by atoms with E-state index in [1.165, 1.54) is 96.4 Å². The maximum absolute atomic E-state index is 6.21. The van der Waals surface area contributed by atoms with Gasteiger partial charge in [-0.2, -0.15) is 0 Å². The summed E-state index contributed by atoms with van der Waals surface area (Å²) in [6.45, 7) is 6.83. The lowest BCUT2D eigenvalue weighted by Crippen LogP contribution is -2.43. The van der Waals surface area contributed by atoms with Crippen LogP contribution in [-0.2, 0) is 4.74 Å². The normalized spacial score (nSPS) is 22.0. The highest BCUT2D eigenvalue weighted by molar-refractivity contribution is 4.69. The van der Waals surface area contributed by atoms with E-state index < -0.39 is 0 Å². The van der Waals surface area contributed by atoms with Crippen LogP contribution in [0.2, 0.25) is 0 Å². The summed E-state index contributed by atoms with van der Waals surface area (Å²) >= 11 is 0. The summed E-state index contributed by atoms with van der Waals surface area (Å²) in [5.74, 6) is 0.916. The van der Waals surface area contributed by atoms with E-state index in [2.05, 4.69) is 27.9 Å². The van der Waals surface area contributed by atoms with Crippen molar-refractivity contribution < 1.29 is 9.22 Å². The van der Waals surface area contributed by atoms with Crippen LogP contribution in [0.4, 0.5) is 0 Å². The Morgan fingerprint density at radius 2 is 1.25 bits per heavy atom. The predicted octanol–water partition coefficient (Wildman–Crippen LogP) is 6.54. The number of rotatable bonds is 14. The first kappa shape index (κ1) is 22.0. The molecular formula is C22H46NO+. The second-order valence-electron chi connectivity index (χ2n) is 9.02.